The van der Waals surface area contributed by atoms with Crippen LogP contribution in [0.3, 0.4) is 0 Å². The van der Waals surface area contributed by atoms with Crippen LogP contribution in [0.15, 0.2) is 47.3 Å². The number of hydrogen-bond donors (Lipinski definition) is 2. The summed E-state index contributed by atoms with van der Waals surface area (Å²) in [5.74, 6) is 1.88. The molecular weight excluding hydrogens is 412 g/mol. The van der Waals surface area contributed by atoms with E-state index in [2.05, 4.69) is 32.4 Å². The molecule has 1 aromatic carbocycles. The Morgan fingerprint density at radius 1 is 1.29 bits per heavy atom. The molecule has 1 aliphatic heterocycles. The van der Waals surface area contributed by atoms with Gasteiger partial charge in [0.1, 0.15) is 18.7 Å². The van der Waals surface area contributed by atoms with Crippen molar-refractivity contribution in [1.29, 1.82) is 10.9 Å². The Labute approximate surface area is 184 Å². The fraction of sp³-hybridized carbons (Fsp3) is 0.333. The van der Waals surface area contributed by atoms with E-state index in [1.54, 1.807) is 35.6 Å². The summed E-state index contributed by atoms with van der Waals surface area (Å²) in [4.78, 5) is 16.0. The second-order valence-corrected chi connectivity index (χ2v) is 8.10. The first-order valence-corrected chi connectivity index (χ1v) is 11.0. The van der Waals surface area contributed by atoms with Crippen molar-refractivity contribution in [2.45, 2.75) is 32.3 Å². The average Bonchev–Trinajstić information content (AvgIpc) is 3.49. The molecule has 0 radical (unpaired) electrons. The number of aryl methyl sites for hydroxylation is 1. The Morgan fingerprint density at radius 2 is 2.06 bits per heavy atom. The van der Waals surface area contributed by atoms with Crippen molar-refractivity contribution in [1.82, 2.24) is 15.0 Å². The highest BCUT2D eigenvalue weighted by Gasteiger charge is 2.27. The highest BCUT2D eigenvalue weighted by atomic mass is 32.1. The van der Waals surface area contributed by atoms with Crippen molar-refractivity contribution in [3.05, 3.63) is 58.3 Å². The Kier molecular flexibility index (Phi) is 6.46. The Morgan fingerprint density at radius 3 is 2.74 bits per heavy atom. The van der Waals surface area contributed by atoms with Crippen LogP contribution in [0.4, 0.5) is 11.6 Å². The number of anilines is 2. The predicted molar refractivity (Wildman–Crippen MR) is 120 cm³/mol. The normalized spacial score (nSPS) is 15.6. The zero-order valence-electron chi connectivity index (χ0n) is 17.2. The van der Waals surface area contributed by atoms with Crippen LogP contribution >= 0.6 is 11.3 Å². The smallest absolute Gasteiger partial charge is 0.225 e. The van der Waals surface area contributed by atoms with Crippen molar-refractivity contribution in [2.24, 2.45) is 5.22 Å². The zero-order valence-corrected chi connectivity index (χ0v) is 18.0. The number of hydrogen-bond acceptors (Lipinski definition) is 9. The minimum absolute atomic E-state index is 0.383. The number of nitrogens with zero attached hydrogens (tertiary/aromatic N) is 6. The summed E-state index contributed by atoms with van der Waals surface area (Å²) in [5, 5.41) is 14.8. The molecule has 1 unspecified atom stereocenters. The molecule has 0 saturated carbocycles. The van der Waals surface area contributed by atoms with Gasteiger partial charge in [-0.05, 0) is 42.7 Å². The lowest BCUT2D eigenvalue weighted by atomic mass is 10.1. The van der Waals surface area contributed by atoms with E-state index < -0.39 is 0 Å². The number of aromatic nitrogens is 3. The fourth-order valence-electron chi connectivity index (χ4n) is 3.43. The number of nitrogens with one attached hydrogen (secondary N) is 2. The van der Waals surface area contributed by atoms with Gasteiger partial charge in [0.2, 0.25) is 5.95 Å². The number of rotatable bonds is 9. The van der Waals surface area contributed by atoms with Gasteiger partial charge >= 0.3 is 0 Å². The summed E-state index contributed by atoms with van der Waals surface area (Å²) in [6.07, 6.45) is 6.78. The van der Waals surface area contributed by atoms with Crippen LogP contribution in [0.25, 0.3) is 0 Å². The van der Waals surface area contributed by atoms with Gasteiger partial charge in [-0.15, -0.1) is 11.3 Å². The Hall–Kier alpha value is -3.40. The van der Waals surface area contributed by atoms with Gasteiger partial charge in [-0.1, -0.05) is 12.1 Å². The number of benzene rings is 1. The van der Waals surface area contributed by atoms with Crippen LogP contribution in [0.1, 0.15) is 35.5 Å². The average molecular weight is 437 g/mol. The third-order valence-corrected chi connectivity index (χ3v) is 6.26. The van der Waals surface area contributed by atoms with Crippen LogP contribution in [-0.4, -0.2) is 34.4 Å². The van der Waals surface area contributed by atoms with Crippen molar-refractivity contribution in [3.63, 3.8) is 0 Å². The SMILES string of the molecule is CCc1cnc(N2CCC(c3nc(COc4ccc(N(C=N)N=N)cc4)cs3)C2)nc1. The van der Waals surface area contributed by atoms with E-state index >= 15 is 0 Å². The topological polar surface area (TPSA) is 114 Å². The molecule has 2 N–H and O–H groups in total. The monoisotopic (exact) mass is 436 g/mol. The van der Waals surface area contributed by atoms with Crippen LogP contribution < -0.4 is 14.6 Å². The lowest BCUT2D eigenvalue weighted by molar-refractivity contribution is 0.302. The summed E-state index contributed by atoms with van der Waals surface area (Å²) < 4.78 is 5.84. The minimum Gasteiger partial charge on any atom is -0.487 e. The molecule has 1 fully saturated rings. The molecular formula is C21H24N8OS. The molecule has 1 atom stereocenters. The van der Waals surface area contributed by atoms with Gasteiger partial charge in [0, 0.05) is 36.8 Å². The first-order chi connectivity index (χ1) is 15.2. The van der Waals surface area contributed by atoms with Gasteiger partial charge < -0.3 is 9.64 Å². The lowest BCUT2D eigenvalue weighted by Crippen LogP contribution is -2.21. The number of ether oxygens (including phenoxy) is 1. The van der Waals surface area contributed by atoms with Gasteiger partial charge in [0.25, 0.3) is 0 Å². The maximum atomic E-state index is 7.23. The molecule has 0 bridgehead atoms. The van der Waals surface area contributed by atoms with E-state index in [0.717, 1.165) is 59.5 Å². The Bertz CT molecular complexity index is 1010. The van der Waals surface area contributed by atoms with E-state index in [9.17, 15) is 0 Å². The molecule has 0 spiro atoms. The van der Waals surface area contributed by atoms with E-state index in [1.165, 1.54) is 0 Å². The highest BCUT2D eigenvalue weighted by molar-refractivity contribution is 7.09. The van der Waals surface area contributed by atoms with Gasteiger partial charge in [-0.25, -0.2) is 20.0 Å². The summed E-state index contributed by atoms with van der Waals surface area (Å²) >= 11 is 1.67. The molecule has 0 amide bonds. The summed E-state index contributed by atoms with van der Waals surface area (Å²) in [6.45, 7) is 4.31. The van der Waals surface area contributed by atoms with Crippen LogP contribution in [0.2, 0.25) is 0 Å². The molecule has 1 aliphatic rings. The lowest BCUT2D eigenvalue weighted by Gasteiger charge is -2.15. The molecule has 1 saturated heterocycles. The maximum Gasteiger partial charge on any atom is 0.225 e. The minimum atomic E-state index is 0.383. The van der Waals surface area contributed by atoms with E-state index in [-0.39, 0.29) is 0 Å². The quantitative estimate of drug-likeness (QED) is 0.222. The summed E-state index contributed by atoms with van der Waals surface area (Å²) in [5.41, 5.74) is 9.74. The van der Waals surface area contributed by atoms with Crippen LogP contribution in [0.5, 0.6) is 5.75 Å². The molecule has 3 heterocycles. The standard InChI is InChI=1S/C21H24N8OS/c1-2-15-9-24-21(25-10-15)28-8-7-16(11-28)20-26-17(13-31-20)12-30-19-5-3-18(4-6-19)29(14-22)27-23/h3-6,9-10,13-14,16,22-23H,2,7-8,11-12H2,1H3. The van der Waals surface area contributed by atoms with Crippen LogP contribution in [-0.2, 0) is 13.0 Å². The van der Waals surface area contributed by atoms with Crippen molar-refractivity contribution in [2.75, 3.05) is 23.0 Å². The first kappa shape index (κ1) is 20.9. The third kappa shape index (κ3) is 4.85. The number of thiazole rings is 1. The molecule has 9 nitrogen and oxygen atoms in total. The molecule has 10 heteroatoms. The van der Waals surface area contributed by atoms with Gasteiger partial charge in [0.15, 0.2) is 0 Å². The van der Waals surface area contributed by atoms with Gasteiger partial charge in [-0.2, -0.15) is 5.53 Å². The van der Waals surface area contributed by atoms with E-state index in [0.29, 0.717) is 24.0 Å². The van der Waals surface area contributed by atoms with E-state index in [1.807, 2.05) is 12.4 Å². The fourth-order valence-corrected chi connectivity index (χ4v) is 4.36. The summed E-state index contributed by atoms with van der Waals surface area (Å²) in [7, 11) is 0. The van der Waals surface area contributed by atoms with Gasteiger partial charge in [0.05, 0.1) is 16.4 Å². The molecule has 0 aliphatic carbocycles. The van der Waals surface area contributed by atoms with Gasteiger partial charge in [-0.3, -0.25) is 5.41 Å². The zero-order chi connectivity index (χ0) is 21.6. The molecule has 160 valence electrons. The molecule has 2 aromatic heterocycles. The maximum absolute atomic E-state index is 7.23. The summed E-state index contributed by atoms with van der Waals surface area (Å²) in [6, 6.07) is 7.10. The van der Waals surface area contributed by atoms with E-state index in [4.69, 9.17) is 20.7 Å². The van der Waals surface area contributed by atoms with Crippen molar-refractivity contribution in [3.8, 4) is 5.75 Å². The van der Waals surface area contributed by atoms with Crippen molar-refractivity contribution >= 4 is 29.3 Å². The first-order valence-electron chi connectivity index (χ1n) is 10.1. The Balaban J connectivity index is 1.32. The third-order valence-electron chi connectivity index (χ3n) is 5.21. The molecule has 31 heavy (non-hydrogen) atoms. The molecule has 3 aromatic rings. The van der Waals surface area contributed by atoms with Crippen LogP contribution in [0, 0.1) is 10.9 Å². The largest absolute Gasteiger partial charge is 0.487 e. The highest BCUT2D eigenvalue weighted by Crippen LogP contribution is 2.31. The molecule has 4 rings (SSSR count). The predicted octanol–water partition coefficient (Wildman–Crippen LogP) is 4.43. The van der Waals surface area contributed by atoms with Crippen molar-refractivity contribution < 1.29 is 4.74 Å². The second-order valence-electron chi connectivity index (χ2n) is 7.21. The second kappa shape index (κ2) is 9.61.